The van der Waals surface area contributed by atoms with Crippen molar-refractivity contribution in [1.29, 1.82) is 0 Å². The van der Waals surface area contributed by atoms with E-state index in [0.29, 0.717) is 0 Å². The van der Waals surface area contributed by atoms with Gasteiger partial charge in [0.15, 0.2) is 5.76 Å². The molecule has 0 aromatic carbocycles. The molecule has 0 aliphatic heterocycles. The van der Waals surface area contributed by atoms with Crippen LogP contribution in [0.2, 0.25) is 0 Å². The number of esters is 2. The van der Waals surface area contributed by atoms with Crippen molar-refractivity contribution in [3.63, 3.8) is 0 Å². The van der Waals surface area contributed by atoms with E-state index in [-0.39, 0.29) is 24.4 Å². The van der Waals surface area contributed by atoms with Gasteiger partial charge in [-0.25, -0.2) is 4.79 Å². The molecule has 0 spiro atoms. The maximum Gasteiger partial charge on any atom is 0.337 e. The first-order chi connectivity index (χ1) is 8.42. The summed E-state index contributed by atoms with van der Waals surface area (Å²) in [4.78, 5) is 35.5. The average molecular weight is 256 g/mol. The third kappa shape index (κ3) is 2.10. The lowest BCUT2D eigenvalue weighted by atomic mass is 9.85. The molecule has 0 N–H and O–H groups in total. The first-order valence-corrected chi connectivity index (χ1v) is 5.49. The number of ether oxygens (including phenoxy) is 3. The Balaban J connectivity index is 3.11. The molecule has 6 nitrogen and oxygen atoms in total. The van der Waals surface area contributed by atoms with Gasteiger partial charge in [0.2, 0.25) is 5.78 Å². The third-order valence-corrected chi connectivity index (χ3v) is 2.87. The summed E-state index contributed by atoms with van der Waals surface area (Å²) in [5.41, 5.74) is -1.34. The van der Waals surface area contributed by atoms with Crippen LogP contribution in [0, 0.1) is 5.41 Å². The second-order valence-electron chi connectivity index (χ2n) is 4.06. The van der Waals surface area contributed by atoms with E-state index in [1.807, 2.05) is 0 Å². The molecule has 0 saturated carbocycles. The smallest absolute Gasteiger partial charge is 0.337 e. The van der Waals surface area contributed by atoms with Crippen molar-refractivity contribution in [2.75, 3.05) is 20.8 Å². The summed E-state index contributed by atoms with van der Waals surface area (Å²) in [7, 11) is 2.47. The van der Waals surface area contributed by atoms with Gasteiger partial charge in [-0.05, 0) is 13.8 Å². The minimum Gasteiger partial charge on any atom is -0.492 e. The monoisotopic (exact) mass is 256 g/mol. The Hall–Kier alpha value is -1.85. The molecule has 0 aromatic heterocycles. The van der Waals surface area contributed by atoms with E-state index in [2.05, 4.69) is 4.74 Å². The topological polar surface area (TPSA) is 78.9 Å². The highest BCUT2D eigenvalue weighted by molar-refractivity contribution is 6.17. The molecule has 1 rings (SSSR count). The van der Waals surface area contributed by atoms with Crippen molar-refractivity contribution < 1.29 is 28.6 Å². The first-order valence-electron chi connectivity index (χ1n) is 5.49. The van der Waals surface area contributed by atoms with Crippen LogP contribution in [0.4, 0.5) is 0 Å². The molecule has 0 radical (unpaired) electrons. The maximum absolute atomic E-state index is 12.1. The maximum atomic E-state index is 12.1. The molecule has 1 aliphatic carbocycles. The van der Waals surface area contributed by atoms with Crippen LogP contribution in [0.15, 0.2) is 11.3 Å². The molecule has 0 amide bonds. The lowest BCUT2D eigenvalue weighted by molar-refractivity contribution is -0.157. The number of rotatable bonds is 4. The Kier molecular flexibility index (Phi) is 4.11. The fraction of sp³-hybridized carbons (Fsp3) is 0.583. The van der Waals surface area contributed by atoms with Crippen molar-refractivity contribution in [2.24, 2.45) is 5.41 Å². The van der Waals surface area contributed by atoms with E-state index in [4.69, 9.17) is 9.47 Å². The van der Waals surface area contributed by atoms with Crippen molar-refractivity contribution in [2.45, 2.75) is 20.3 Å². The van der Waals surface area contributed by atoms with Crippen molar-refractivity contribution in [1.82, 2.24) is 0 Å². The molecule has 18 heavy (non-hydrogen) atoms. The molecule has 1 unspecified atom stereocenters. The van der Waals surface area contributed by atoms with Crippen LogP contribution in [0.1, 0.15) is 20.3 Å². The molecule has 100 valence electrons. The zero-order chi connectivity index (χ0) is 13.9. The summed E-state index contributed by atoms with van der Waals surface area (Å²) in [5, 5.41) is 0. The van der Waals surface area contributed by atoms with Gasteiger partial charge in [0, 0.05) is 6.42 Å². The standard InChI is InChI=1S/C12H16O6/c1-5-18-11(15)12(2)6-7(10(14)17-4)8(16-3)9(12)13/h5-6H2,1-4H3. The predicted octanol–water partition coefficient (Wildman–Crippen LogP) is 0.602. The summed E-state index contributed by atoms with van der Waals surface area (Å²) in [6.07, 6.45) is -0.0689. The fourth-order valence-corrected chi connectivity index (χ4v) is 1.86. The van der Waals surface area contributed by atoms with E-state index in [1.165, 1.54) is 21.1 Å². The van der Waals surface area contributed by atoms with Crippen molar-refractivity contribution in [3.05, 3.63) is 11.3 Å². The highest BCUT2D eigenvalue weighted by Gasteiger charge is 2.53. The van der Waals surface area contributed by atoms with Gasteiger partial charge in [0.1, 0.15) is 5.41 Å². The molecule has 0 heterocycles. The Morgan fingerprint density at radius 1 is 1.33 bits per heavy atom. The summed E-state index contributed by atoms with van der Waals surface area (Å²) in [5.74, 6) is -2.02. The second-order valence-corrected chi connectivity index (χ2v) is 4.06. The molecular formula is C12H16O6. The van der Waals surface area contributed by atoms with Crippen molar-refractivity contribution in [3.8, 4) is 0 Å². The minimum absolute atomic E-state index is 0.0689. The lowest BCUT2D eigenvalue weighted by Gasteiger charge is -2.19. The normalized spacial score (nSPS) is 23.0. The molecule has 1 aliphatic rings. The van der Waals surface area contributed by atoms with E-state index >= 15 is 0 Å². The number of hydrogen-bond donors (Lipinski definition) is 0. The van der Waals surface area contributed by atoms with Crippen LogP contribution >= 0.6 is 0 Å². The van der Waals surface area contributed by atoms with Gasteiger partial charge >= 0.3 is 11.9 Å². The Labute approximate surface area is 105 Å². The number of methoxy groups -OCH3 is 2. The third-order valence-electron chi connectivity index (χ3n) is 2.87. The number of carbonyl (C=O) groups excluding carboxylic acids is 3. The number of allylic oxidation sites excluding steroid dienone is 1. The molecule has 1 atom stereocenters. The zero-order valence-corrected chi connectivity index (χ0v) is 10.9. The number of ketones is 1. The summed E-state index contributed by atoms with van der Waals surface area (Å²) >= 11 is 0. The summed E-state index contributed by atoms with van der Waals surface area (Å²) in [6, 6.07) is 0. The lowest BCUT2D eigenvalue weighted by Crippen LogP contribution is -2.35. The molecule has 0 saturated heterocycles. The fourth-order valence-electron chi connectivity index (χ4n) is 1.86. The van der Waals surface area contributed by atoms with Crippen LogP contribution in [0.3, 0.4) is 0 Å². The molecule has 6 heteroatoms. The van der Waals surface area contributed by atoms with Crippen LogP contribution < -0.4 is 0 Å². The predicted molar refractivity (Wildman–Crippen MR) is 60.4 cm³/mol. The van der Waals surface area contributed by atoms with Crippen LogP contribution in [-0.2, 0) is 28.6 Å². The molecule has 0 bridgehead atoms. The van der Waals surface area contributed by atoms with Crippen LogP contribution in [-0.4, -0.2) is 38.5 Å². The minimum atomic E-state index is -1.41. The van der Waals surface area contributed by atoms with Gasteiger partial charge in [0.25, 0.3) is 0 Å². The molecular weight excluding hydrogens is 240 g/mol. The average Bonchev–Trinajstić information content (AvgIpc) is 2.62. The van der Waals surface area contributed by atoms with Crippen molar-refractivity contribution >= 4 is 17.7 Å². The van der Waals surface area contributed by atoms with E-state index in [9.17, 15) is 14.4 Å². The highest BCUT2D eigenvalue weighted by atomic mass is 16.5. The van der Waals surface area contributed by atoms with E-state index in [1.54, 1.807) is 6.92 Å². The largest absolute Gasteiger partial charge is 0.492 e. The van der Waals surface area contributed by atoms with Gasteiger partial charge in [-0.15, -0.1) is 0 Å². The number of carbonyl (C=O) groups is 3. The Morgan fingerprint density at radius 2 is 1.94 bits per heavy atom. The SMILES string of the molecule is CCOC(=O)C1(C)CC(C(=O)OC)=C(OC)C1=O. The van der Waals surface area contributed by atoms with Gasteiger partial charge in [-0.1, -0.05) is 0 Å². The number of hydrogen-bond acceptors (Lipinski definition) is 6. The summed E-state index contributed by atoms with van der Waals surface area (Å²) < 4.78 is 14.3. The summed E-state index contributed by atoms with van der Waals surface area (Å²) in [6.45, 7) is 3.24. The van der Waals surface area contributed by atoms with Crippen LogP contribution in [0.5, 0.6) is 0 Å². The molecule has 0 aromatic rings. The Bertz CT molecular complexity index is 422. The van der Waals surface area contributed by atoms with E-state index in [0.717, 1.165) is 0 Å². The zero-order valence-electron chi connectivity index (χ0n) is 10.9. The second kappa shape index (κ2) is 5.20. The van der Waals surface area contributed by atoms with Gasteiger partial charge in [0.05, 0.1) is 26.4 Å². The quantitative estimate of drug-likeness (QED) is 0.541. The van der Waals surface area contributed by atoms with Gasteiger partial charge in [-0.2, -0.15) is 0 Å². The van der Waals surface area contributed by atoms with Gasteiger partial charge in [-0.3, -0.25) is 9.59 Å². The van der Waals surface area contributed by atoms with Crippen LogP contribution in [0.25, 0.3) is 0 Å². The number of Topliss-reactive ketones (excluding diaryl/α,β-unsaturated/α-hetero) is 1. The van der Waals surface area contributed by atoms with E-state index < -0.39 is 23.1 Å². The highest BCUT2D eigenvalue weighted by Crippen LogP contribution is 2.40. The van der Waals surface area contributed by atoms with Gasteiger partial charge < -0.3 is 14.2 Å². The Morgan fingerprint density at radius 3 is 2.39 bits per heavy atom. The first kappa shape index (κ1) is 14.2. The molecule has 0 fully saturated rings.